The minimum atomic E-state index is -0.326. The molecule has 0 aromatic heterocycles. The highest BCUT2D eigenvalue weighted by molar-refractivity contribution is 6.30. The van der Waals surface area contributed by atoms with Gasteiger partial charge in [-0.1, -0.05) is 11.6 Å². The van der Waals surface area contributed by atoms with Crippen molar-refractivity contribution in [2.75, 3.05) is 17.2 Å². The Bertz CT molecular complexity index is 569. The fourth-order valence-electron chi connectivity index (χ4n) is 1.64. The van der Waals surface area contributed by atoms with Gasteiger partial charge < -0.3 is 10.6 Å². The van der Waals surface area contributed by atoms with Gasteiger partial charge in [0.15, 0.2) is 0 Å². The fourth-order valence-corrected chi connectivity index (χ4v) is 1.77. The van der Waals surface area contributed by atoms with Gasteiger partial charge in [-0.2, -0.15) is 0 Å². The normalized spacial score (nSPS) is 10.1. The SMILES string of the molecule is O=C(CCNc1ccc(Cl)cc1)Nc1ccc(F)cc1. The van der Waals surface area contributed by atoms with E-state index in [0.717, 1.165) is 5.69 Å². The van der Waals surface area contributed by atoms with Gasteiger partial charge >= 0.3 is 0 Å². The standard InChI is InChI=1S/C15H14ClFN2O/c16-11-1-5-13(6-2-11)18-10-9-15(20)19-14-7-3-12(17)4-8-14/h1-8,18H,9-10H2,(H,19,20). The molecule has 0 aliphatic rings. The number of benzene rings is 2. The van der Waals surface area contributed by atoms with Crippen LogP contribution in [0.3, 0.4) is 0 Å². The smallest absolute Gasteiger partial charge is 0.226 e. The molecule has 3 nitrogen and oxygen atoms in total. The van der Waals surface area contributed by atoms with Crippen molar-refractivity contribution < 1.29 is 9.18 Å². The maximum absolute atomic E-state index is 12.7. The van der Waals surface area contributed by atoms with E-state index in [0.29, 0.717) is 23.7 Å². The largest absolute Gasteiger partial charge is 0.385 e. The lowest BCUT2D eigenvalue weighted by Gasteiger charge is -2.07. The summed E-state index contributed by atoms with van der Waals surface area (Å²) in [5.74, 6) is -0.453. The lowest BCUT2D eigenvalue weighted by molar-refractivity contribution is -0.115. The van der Waals surface area contributed by atoms with E-state index in [1.54, 1.807) is 12.1 Å². The number of carbonyl (C=O) groups excluding carboxylic acids is 1. The topological polar surface area (TPSA) is 41.1 Å². The molecule has 0 saturated heterocycles. The van der Waals surface area contributed by atoms with Crippen LogP contribution in [-0.4, -0.2) is 12.5 Å². The predicted octanol–water partition coefficient (Wildman–Crippen LogP) is 3.92. The first-order valence-electron chi connectivity index (χ1n) is 6.18. The molecular formula is C15H14ClFN2O. The molecule has 0 unspecified atom stereocenters. The highest BCUT2D eigenvalue weighted by atomic mass is 35.5. The predicted molar refractivity (Wildman–Crippen MR) is 79.6 cm³/mol. The monoisotopic (exact) mass is 292 g/mol. The Morgan fingerprint density at radius 3 is 2.25 bits per heavy atom. The average molecular weight is 293 g/mol. The Balaban J connectivity index is 1.75. The number of anilines is 2. The fraction of sp³-hybridized carbons (Fsp3) is 0.133. The second-order valence-corrected chi connectivity index (χ2v) is 4.68. The molecule has 0 heterocycles. The van der Waals surface area contributed by atoms with Gasteiger partial charge in [0.05, 0.1) is 0 Å². The molecule has 5 heteroatoms. The number of hydrogen-bond acceptors (Lipinski definition) is 2. The molecular weight excluding hydrogens is 279 g/mol. The van der Waals surface area contributed by atoms with Crippen LogP contribution < -0.4 is 10.6 Å². The molecule has 0 bridgehead atoms. The van der Waals surface area contributed by atoms with Gasteiger partial charge in [-0.25, -0.2) is 4.39 Å². The lowest BCUT2D eigenvalue weighted by atomic mass is 10.3. The summed E-state index contributed by atoms with van der Waals surface area (Å²) >= 11 is 5.78. The van der Waals surface area contributed by atoms with Crippen molar-refractivity contribution in [1.82, 2.24) is 0 Å². The van der Waals surface area contributed by atoms with Crippen molar-refractivity contribution in [3.05, 3.63) is 59.4 Å². The van der Waals surface area contributed by atoms with Gasteiger partial charge in [-0.3, -0.25) is 4.79 Å². The minimum Gasteiger partial charge on any atom is -0.385 e. The van der Waals surface area contributed by atoms with E-state index in [2.05, 4.69) is 10.6 Å². The zero-order valence-electron chi connectivity index (χ0n) is 10.7. The molecule has 2 aromatic rings. The van der Waals surface area contributed by atoms with Crippen molar-refractivity contribution in [1.29, 1.82) is 0 Å². The Morgan fingerprint density at radius 2 is 1.60 bits per heavy atom. The van der Waals surface area contributed by atoms with Gasteiger partial charge in [-0.15, -0.1) is 0 Å². The van der Waals surface area contributed by atoms with Gasteiger partial charge in [0.1, 0.15) is 5.82 Å². The van der Waals surface area contributed by atoms with E-state index in [-0.39, 0.29) is 11.7 Å². The number of nitrogens with one attached hydrogen (secondary N) is 2. The van der Waals surface area contributed by atoms with Crippen LogP contribution in [0.5, 0.6) is 0 Å². The van der Waals surface area contributed by atoms with E-state index < -0.39 is 0 Å². The van der Waals surface area contributed by atoms with E-state index in [9.17, 15) is 9.18 Å². The van der Waals surface area contributed by atoms with E-state index in [1.807, 2.05) is 12.1 Å². The first kappa shape index (κ1) is 14.3. The molecule has 0 aliphatic carbocycles. The minimum absolute atomic E-state index is 0.127. The summed E-state index contributed by atoms with van der Waals surface area (Å²) in [5, 5.41) is 6.49. The van der Waals surface area contributed by atoms with Crippen molar-refractivity contribution in [2.24, 2.45) is 0 Å². The molecule has 1 amide bonds. The molecule has 0 aliphatic heterocycles. The molecule has 2 aromatic carbocycles. The lowest BCUT2D eigenvalue weighted by Crippen LogP contribution is -2.16. The summed E-state index contributed by atoms with van der Waals surface area (Å²) in [6.45, 7) is 0.509. The first-order chi connectivity index (χ1) is 9.63. The Hall–Kier alpha value is -2.07. The van der Waals surface area contributed by atoms with Crippen LogP contribution in [0.4, 0.5) is 15.8 Å². The molecule has 20 heavy (non-hydrogen) atoms. The van der Waals surface area contributed by atoms with Crippen LogP contribution in [0.1, 0.15) is 6.42 Å². The van der Waals surface area contributed by atoms with Crippen molar-refractivity contribution in [3.8, 4) is 0 Å². The zero-order chi connectivity index (χ0) is 14.4. The number of hydrogen-bond donors (Lipinski definition) is 2. The summed E-state index contributed by atoms with van der Waals surface area (Å²) in [6.07, 6.45) is 0.319. The number of halogens is 2. The second-order valence-electron chi connectivity index (χ2n) is 4.24. The molecule has 0 radical (unpaired) electrons. The molecule has 104 valence electrons. The summed E-state index contributed by atoms with van der Waals surface area (Å²) in [6, 6.07) is 12.9. The molecule has 0 saturated carbocycles. The van der Waals surface area contributed by atoms with E-state index in [1.165, 1.54) is 24.3 Å². The Kier molecular flexibility index (Phi) is 4.96. The molecule has 2 N–H and O–H groups in total. The van der Waals surface area contributed by atoms with Crippen LogP contribution in [0.15, 0.2) is 48.5 Å². The summed E-state index contributed by atoms with van der Waals surface area (Å²) in [7, 11) is 0. The van der Waals surface area contributed by atoms with Crippen molar-refractivity contribution >= 4 is 28.9 Å². The molecule has 2 rings (SSSR count). The number of rotatable bonds is 5. The molecule has 0 fully saturated rings. The maximum atomic E-state index is 12.7. The highest BCUT2D eigenvalue weighted by Gasteiger charge is 2.02. The third-order valence-corrected chi connectivity index (χ3v) is 2.91. The van der Waals surface area contributed by atoms with E-state index in [4.69, 9.17) is 11.6 Å². The second kappa shape index (κ2) is 6.91. The Morgan fingerprint density at radius 1 is 1.00 bits per heavy atom. The maximum Gasteiger partial charge on any atom is 0.226 e. The van der Waals surface area contributed by atoms with Gasteiger partial charge in [0.2, 0.25) is 5.91 Å². The number of amides is 1. The van der Waals surface area contributed by atoms with Crippen LogP contribution in [-0.2, 0) is 4.79 Å². The third kappa shape index (κ3) is 4.55. The third-order valence-electron chi connectivity index (χ3n) is 2.65. The molecule has 0 atom stereocenters. The van der Waals surface area contributed by atoms with Crippen LogP contribution >= 0.6 is 11.6 Å². The molecule has 0 spiro atoms. The highest BCUT2D eigenvalue weighted by Crippen LogP contribution is 2.13. The van der Waals surface area contributed by atoms with Crippen LogP contribution in [0.25, 0.3) is 0 Å². The van der Waals surface area contributed by atoms with Crippen molar-refractivity contribution in [3.63, 3.8) is 0 Å². The number of carbonyl (C=O) groups is 1. The van der Waals surface area contributed by atoms with Crippen LogP contribution in [0.2, 0.25) is 5.02 Å². The zero-order valence-corrected chi connectivity index (χ0v) is 11.5. The first-order valence-corrected chi connectivity index (χ1v) is 6.56. The Labute approximate surface area is 121 Å². The summed E-state index contributed by atoms with van der Waals surface area (Å²) in [4.78, 5) is 11.7. The average Bonchev–Trinajstić information content (AvgIpc) is 2.44. The quantitative estimate of drug-likeness (QED) is 0.877. The van der Waals surface area contributed by atoms with Gasteiger partial charge in [0, 0.05) is 29.4 Å². The summed E-state index contributed by atoms with van der Waals surface area (Å²) in [5.41, 5.74) is 1.49. The van der Waals surface area contributed by atoms with Gasteiger partial charge in [-0.05, 0) is 48.5 Å². The van der Waals surface area contributed by atoms with E-state index >= 15 is 0 Å². The van der Waals surface area contributed by atoms with Crippen LogP contribution in [0, 0.1) is 5.82 Å². The van der Waals surface area contributed by atoms with Crippen molar-refractivity contribution in [2.45, 2.75) is 6.42 Å². The van der Waals surface area contributed by atoms with Gasteiger partial charge in [0.25, 0.3) is 0 Å². The summed E-state index contributed by atoms with van der Waals surface area (Å²) < 4.78 is 12.7.